The van der Waals surface area contributed by atoms with Crippen molar-refractivity contribution in [2.24, 2.45) is 10.8 Å². The summed E-state index contributed by atoms with van der Waals surface area (Å²) in [6.07, 6.45) is 5.05. The Balaban J connectivity index is 2.53. The molecule has 0 heterocycles. The fourth-order valence-electron chi connectivity index (χ4n) is 3.51. The van der Waals surface area contributed by atoms with Crippen molar-refractivity contribution in [2.75, 3.05) is 0 Å². The van der Waals surface area contributed by atoms with Crippen LogP contribution in [-0.2, 0) is 15.5 Å². The second kappa shape index (κ2) is 7.09. The second-order valence-corrected chi connectivity index (χ2v) is 10.3. The summed E-state index contributed by atoms with van der Waals surface area (Å²) in [5, 5.41) is 0. The molecule has 26 heavy (non-hydrogen) atoms. The van der Waals surface area contributed by atoms with Gasteiger partial charge in [-0.3, -0.25) is 4.52 Å². The number of rotatable bonds is 4. The maximum absolute atomic E-state index is 11.7. The lowest BCUT2D eigenvalue weighted by Gasteiger charge is -2.46. The molecule has 0 spiro atoms. The highest BCUT2D eigenvalue weighted by Crippen LogP contribution is 2.54. The minimum atomic E-state index is -4.64. The van der Waals surface area contributed by atoms with E-state index in [1.54, 1.807) is 0 Å². The van der Waals surface area contributed by atoms with Gasteiger partial charge in [0.1, 0.15) is 5.60 Å². The summed E-state index contributed by atoms with van der Waals surface area (Å²) in [6, 6.07) is 10.2. The first-order valence-corrected chi connectivity index (χ1v) is 10.5. The highest BCUT2D eigenvalue weighted by Gasteiger charge is 2.48. The Bertz CT molecular complexity index is 744. The summed E-state index contributed by atoms with van der Waals surface area (Å²) in [7, 11) is -4.64. The molecule has 0 bridgehead atoms. The van der Waals surface area contributed by atoms with E-state index in [0.717, 1.165) is 12.0 Å². The van der Waals surface area contributed by atoms with Gasteiger partial charge in [-0.2, -0.15) is 0 Å². The summed E-state index contributed by atoms with van der Waals surface area (Å²) in [6.45, 7) is 12.3. The van der Waals surface area contributed by atoms with E-state index in [1.165, 1.54) is 11.1 Å². The first-order chi connectivity index (χ1) is 11.7. The van der Waals surface area contributed by atoms with E-state index >= 15 is 0 Å². The molecule has 1 aliphatic rings. The van der Waals surface area contributed by atoms with Crippen LogP contribution in [0.4, 0.5) is 0 Å². The molecule has 0 radical (unpaired) electrons. The Morgan fingerprint density at radius 2 is 1.65 bits per heavy atom. The van der Waals surface area contributed by atoms with Crippen molar-refractivity contribution in [1.82, 2.24) is 0 Å². The van der Waals surface area contributed by atoms with Gasteiger partial charge in [-0.05, 0) is 28.4 Å². The summed E-state index contributed by atoms with van der Waals surface area (Å²) < 4.78 is 17.1. The molecule has 1 aromatic carbocycles. The van der Waals surface area contributed by atoms with Crippen LogP contribution in [0.2, 0.25) is 0 Å². The highest BCUT2D eigenvalue weighted by molar-refractivity contribution is 7.46. The number of phosphoric acid groups is 1. The molecule has 4 nitrogen and oxygen atoms in total. The van der Waals surface area contributed by atoms with Gasteiger partial charge in [0.25, 0.3) is 0 Å². The standard InChI is InChI=1S/C21H31O4P/c1-19(2,3)18-12-13-21(20(4,5)6,25-26(22,23)24)15-17(18)14-16-10-8-7-9-11-16/h7-13H,14-15H2,1-6H3,(H2,22,23,24). The van der Waals surface area contributed by atoms with Crippen LogP contribution in [0.5, 0.6) is 0 Å². The predicted octanol–water partition coefficient (Wildman–Crippen LogP) is 5.43. The summed E-state index contributed by atoms with van der Waals surface area (Å²) in [4.78, 5) is 19.1. The zero-order valence-corrected chi connectivity index (χ0v) is 17.5. The number of phosphoric ester groups is 1. The van der Waals surface area contributed by atoms with Crippen LogP contribution in [0, 0.1) is 10.8 Å². The molecule has 2 N–H and O–H groups in total. The SMILES string of the molecule is CC(C)(C)C1=C(Cc2ccccc2)CC(OP(=O)(O)O)(C(C)(C)C)C=C1. The third-order valence-corrected chi connectivity index (χ3v) is 5.56. The van der Waals surface area contributed by atoms with Crippen molar-refractivity contribution < 1.29 is 18.9 Å². The van der Waals surface area contributed by atoms with Crippen molar-refractivity contribution in [1.29, 1.82) is 0 Å². The number of allylic oxidation sites excluding steroid dienone is 2. The van der Waals surface area contributed by atoms with Gasteiger partial charge in [0.15, 0.2) is 0 Å². The third kappa shape index (κ3) is 4.95. The summed E-state index contributed by atoms with van der Waals surface area (Å²) >= 11 is 0. The quantitative estimate of drug-likeness (QED) is 0.686. The van der Waals surface area contributed by atoms with Gasteiger partial charge in [0, 0.05) is 6.42 Å². The van der Waals surface area contributed by atoms with Gasteiger partial charge < -0.3 is 9.79 Å². The maximum Gasteiger partial charge on any atom is 0.470 e. The Morgan fingerprint density at radius 1 is 1.08 bits per heavy atom. The number of hydrogen-bond acceptors (Lipinski definition) is 2. The zero-order chi connectivity index (χ0) is 19.8. The van der Waals surface area contributed by atoms with E-state index in [9.17, 15) is 14.4 Å². The van der Waals surface area contributed by atoms with Crippen molar-refractivity contribution in [3.63, 3.8) is 0 Å². The lowest BCUT2D eigenvalue weighted by Crippen LogP contribution is -2.45. The molecule has 1 atom stereocenters. The third-order valence-electron chi connectivity index (χ3n) is 5.00. The van der Waals surface area contributed by atoms with Crippen LogP contribution in [-0.4, -0.2) is 15.4 Å². The van der Waals surface area contributed by atoms with Crippen molar-refractivity contribution in [3.8, 4) is 0 Å². The van der Waals surface area contributed by atoms with Crippen LogP contribution in [0.15, 0.2) is 53.6 Å². The van der Waals surface area contributed by atoms with E-state index in [2.05, 4.69) is 32.9 Å². The van der Waals surface area contributed by atoms with E-state index in [4.69, 9.17) is 4.52 Å². The van der Waals surface area contributed by atoms with Gasteiger partial charge in [0.05, 0.1) is 0 Å². The van der Waals surface area contributed by atoms with E-state index in [-0.39, 0.29) is 5.41 Å². The minimum absolute atomic E-state index is 0.0627. The Hall–Kier alpha value is -1.19. The van der Waals surface area contributed by atoms with Crippen LogP contribution in [0.25, 0.3) is 0 Å². The smallest absolute Gasteiger partial charge is 0.303 e. The largest absolute Gasteiger partial charge is 0.470 e. The molecule has 1 aromatic rings. The average molecular weight is 378 g/mol. The van der Waals surface area contributed by atoms with Crippen LogP contribution >= 0.6 is 7.82 Å². The molecule has 0 aliphatic heterocycles. The first-order valence-electron chi connectivity index (χ1n) is 8.95. The summed E-state index contributed by atoms with van der Waals surface area (Å²) in [5.41, 5.74) is 1.96. The molecule has 5 heteroatoms. The van der Waals surface area contributed by atoms with Gasteiger partial charge in [-0.1, -0.05) is 89.6 Å². The zero-order valence-electron chi connectivity index (χ0n) is 16.6. The van der Waals surface area contributed by atoms with Crippen molar-refractivity contribution >= 4 is 7.82 Å². The molecule has 0 aromatic heterocycles. The molecule has 0 saturated carbocycles. The molecule has 0 amide bonds. The van der Waals surface area contributed by atoms with Crippen molar-refractivity contribution in [2.45, 2.75) is 60.0 Å². The first kappa shape index (κ1) is 21.1. The Labute approximate surface area is 157 Å². The Kier molecular flexibility index (Phi) is 5.76. The topological polar surface area (TPSA) is 66.8 Å². The maximum atomic E-state index is 11.7. The van der Waals surface area contributed by atoms with Crippen LogP contribution in [0.1, 0.15) is 53.5 Å². The van der Waals surface area contributed by atoms with E-state index in [1.807, 2.05) is 51.1 Å². The van der Waals surface area contributed by atoms with Gasteiger partial charge in [-0.15, -0.1) is 0 Å². The summed E-state index contributed by atoms with van der Waals surface area (Å²) in [5.74, 6) is 0. The molecule has 144 valence electrons. The van der Waals surface area contributed by atoms with Gasteiger partial charge >= 0.3 is 7.82 Å². The van der Waals surface area contributed by atoms with Crippen molar-refractivity contribution in [3.05, 3.63) is 59.2 Å². The predicted molar refractivity (Wildman–Crippen MR) is 106 cm³/mol. The lowest BCUT2D eigenvalue weighted by molar-refractivity contribution is -0.0145. The molecular weight excluding hydrogens is 347 g/mol. The molecule has 0 fully saturated rings. The average Bonchev–Trinajstić information content (AvgIpc) is 2.44. The molecule has 1 unspecified atom stereocenters. The van der Waals surface area contributed by atoms with E-state index in [0.29, 0.717) is 6.42 Å². The fourth-order valence-corrected chi connectivity index (χ4v) is 4.34. The van der Waals surface area contributed by atoms with E-state index < -0.39 is 18.8 Å². The molecule has 2 rings (SSSR count). The van der Waals surface area contributed by atoms with Gasteiger partial charge in [0.2, 0.25) is 0 Å². The molecule has 0 saturated heterocycles. The Morgan fingerprint density at radius 3 is 2.12 bits per heavy atom. The van der Waals surface area contributed by atoms with Crippen LogP contribution in [0.3, 0.4) is 0 Å². The molecular formula is C21H31O4P. The number of benzene rings is 1. The fraction of sp³-hybridized carbons (Fsp3) is 0.524. The monoisotopic (exact) mass is 378 g/mol. The number of hydrogen-bond donors (Lipinski definition) is 2. The van der Waals surface area contributed by atoms with Gasteiger partial charge in [-0.25, -0.2) is 4.57 Å². The second-order valence-electron chi connectivity index (χ2n) is 9.16. The normalized spacial score (nSPS) is 22.0. The highest BCUT2D eigenvalue weighted by atomic mass is 31.2. The minimum Gasteiger partial charge on any atom is -0.303 e. The molecule has 1 aliphatic carbocycles. The van der Waals surface area contributed by atoms with Crippen LogP contribution < -0.4 is 0 Å². The lowest BCUT2D eigenvalue weighted by atomic mass is 9.66.